The Labute approximate surface area is 124 Å². The van der Waals surface area contributed by atoms with Gasteiger partial charge in [-0.2, -0.15) is 0 Å². The standard InChI is InChI=1S/C14H22N4O3/c1-6-7-21-14(20)12-10(4)18(17-16-12)11(5)13(19)15-8-9(2)3/h6,9,11H,1,7-8H2,2-5H3,(H,15,19). The lowest BCUT2D eigenvalue weighted by Gasteiger charge is -2.14. The number of rotatable bonds is 7. The van der Waals surface area contributed by atoms with Crippen molar-refractivity contribution < 1.29 is 14.3 Å². The van der Waals surface area contributed by atoms with Crippen LogP contribution in [0.15, 0.2) is 12.7 Å². The molecule has 1 aromatic rings. The predicted molar refractivity (Wildman–Crippen MR) is 77.8 cm³/mol. The van der Waals surface area contributed by atoms with Gasteiger partial charge >= 0.3 is 5.97 Å². The first kappa shape index (κ1) is 16.9. The molecular formula is C14H22N4O3. The summed E-state index contributed by atoms with van der Waals surface area (Å²) < 4.78 is 6.33. The van der Waals surface area contributed by atoms with Crippen LogP contribution in [0.1, 0.15) is 43.0 Å². The summed E-state index contributed by atoms with van der Waals surface area (Å²) in [7, 11) is 0. The van der Waals surface area contributed by atoms with Gasteiger partial charge in [-0.25, -0.2) is 9.48 Å². The first-order valence-electron chi connectivity index (χ1n) is 6.86. The van der Waals surface area contributed by atoms with Gasteiger partial charge in [-0.05, 0) is 19.8 Å². The van der Waals surface area contributed by atoms with Gasteiger partial charge in [0, 0.05) is 6.54 Å². The van der Waals surface area contributed by atoms with E-state index < -0.39 is 12.0 Å². The molecule has 0 spiro atoms. The average Bonchev–Trinajstić information content (AvgIpc) is 2.83. The number of esters is 1. The summed E-state index contributed by atoms with van der Waals surface area (Å²) in [5.74, 6) is -0.376. The molecule has 0 fully saturated rings. The normalized spacial score (nSPS) is 12.0. The molecule has 116 valence electrons. The summed E-state index contributed by atoms with van der Waals surface area (Å²) in [6.07, 6.45) is 1.47. The Balaban J connectivity index is 2.80. The molecule has 0 aliphatic carbocycles. The zero-order valence-electron chi connectivity index (χ0n) is 12.9. The van der Waals surface area contributed by atoms with Crippen molar-refractivity contribution in [2.75, 3.05) is 13.2 Å². The van der Waals surface area contributed by atoms with Gasteiger partial charge in [-0.3, -0.25) is 4.79 Å². The van der Waals surface area contributed by atoms with Crippen LogP contribution in [0.25, 0.3) is 0 Å². The smallest absolute Gasteiger partial charge is 0.361 e. The Morgan fingerprint density at radius 1 is 1.43 bits per heavy atom. The molecule has 0 saturated carbocycles. The minimum Gasteiger partial charge on any atom is -0.457 e. The number of carbonyl (C=O) groups is 2. The molecule has 1 rings (SSSR count). The lowest BCUT2D eigenvalue weighted by atomic mass is 10.2. The fraction of sp³-hybridized carbons (Fsp3) is 0.571. The summed E-state index contributed by atoms with van der Waals surface area (Å²) in [6.45, 7) is 11.6. The van der Waals surface area contributed by atoms with E-state index in [-0.39, 0.29) is 18.2 Å². The number of amides is 1. The Hall–Kier alpha value is -2.18. The van der Waals surface area contributed by atoms with Crippen LogP contribution in [0.2, 0.25) is 0 Å². The summed E-state index contributed by atoms with van der Waals surface area (Å²) in [4.78, 5) is 23.8. The maximum Gasteiger partial charge on any atom is 0.361 e. The number of nitrogens with one attached hydrogen (secondary N) is 1. The van der Waals surface area contributed by atoms with E-state index >= 15 is 0 Å². The molecule has 1 aromatic heterocycles. The summed E-state index contributed by atoms with van der Waals surface area (Å²) in [5.41, 5.74) is 0.608. The van der Waals surface area contributed by atoms with E-state index in [2.05, 4.69) is 22.2 Å². The SMILES string of the molecule is C=CCOC(=O)c1nnn(C(C)C(=O)NCC(C)C)c1C. The van der Waals surface area contributed by atoms with Gasteiger partial charge in [0.05, 0.1) is 5.69 Å². The van der Waals surface area contributed by atoms with Crippen molar-refractivity contribution in [2.24, 2.45) is 5.92 Å². The second kappa shape index (κ2) is 7.56. The molecule has 1 atom stereocenters. The lowest BCUT2D eigenvalue weighted by molar-refractivity contribution is -0.124. The molecule has 0 aliphatic heterocycles. The van der Waals surface area contributed by atoms with Crippen LogP contribution in [0, 0.1) is 12.8 Å². The van der Waals surface area contributed by atoms with Crippen molar-refractivity contribution in [3.05, 3.63) is 24.0 Å². The summed E-state index contributed by atoms with van der Waals surface area (Å²) in [5, 5.41) is 10.5. The Morgan fingerprint density at radius 2 is 2.10 bits per heavy atom. The maximum atomic E-state index is 12.0. The number of hydrogen-bond acceptors (Lipinski definition) is 5. The highest BCUT2D eigenvalue weighted by molar-refractivity contribution is 5.88. The molecule has 21 heavy (non-hydrogen) atoms. The van der Waals surface area contributed by atoms with Gasteiger partial charge in [-0.15, -0.1) is 5.10 Å². The summed E-state index contributed by atoms with van der Waals surface area (Å²) >= 11 is 0. The van der Waals surface area contributed by atoms with Crippen molar-refractivity contribution >= 4 is 11.9 Å². The highest BCUT2D eigenvalue weighted by Crippen LogP contribution is 2.12. The van der Waals surface area contributed by atoms with Crippen LogP contribution in [0.3, 0.4) is 0 Å². The van der Waals surface area contributed by atoms with Crippen LogP contribution < -0.4 is 5.32 Å². The van der Waals surface area contributed by atoms with Gasteiger partial charge in [0.25, 0.3) is 0 Å². The first-order chi connectivity index (χ1) is 9.88. The Morgan fingerprint density at radius 3 is 2.67 bits per heavy atom. The monoisotopic (exact) mass is 294 g/mol. The predicted octanol–water partition coefficient (Wildman–Crippen LogP) is 1.26. The van der Waals surface area contributed by atoms with Gasteiger partial charge in [0.1, 0.15) is 12.6 Å². The number of ether oxygens (including phenoxy) is 1. The van der Waals surface area contributed by atoms with E-state index in [0.29, 0.717) is 18.2 Å². The third-order valence-electron chi connectivity index (χ3n) is 2.88. The molecule has 0 aromatic carbocycles. The Bertz CT molecular complexity index is 522. The van der Waals surface area contributed by atoms with E-state index in [9.17, 15) is 9.59 Å². The van der Waals surface area contributed by atoms with Gasteiger partial charge < -0.3 is 10.1 Å². The zero-order chi connectivity index (χ0) is 16.0. The molecule has 0 radical (unpaired) electrons. The molecular weight excluding hydrogens is 272 g/mol. The molecule has 7 heteroatoms. The van der Waals surface area contributed by atoms with Crippen LogP contribution in [0.4, 0.5) is 0 Å². The molecule has 1 heterocycles. The number of aromatic nitrogens is 3. The number of hydrogen-bond donors (Lipinski definition) is 1. The van der Waals surface area contributed by atoms with Crippen molar-refractivity contribution in [1.82, 2.24) is 20.3 Å². The first-order valence-corrected chi connectivity index (χ1v) is 6.86. The van der Waals surface area contributed by atoms with E-state index in [1.807, 2.05) is 13.8 Å². The molecule has 7 nitrogen and oxygen atoms in total. The fourth-order valence-electron chi connectivity index (χ4n) is 1.66. The molecule has 0 saturated heterocycles. The highest BCUT2D eigenvalue weighted by Gasteiger charge is 2.23. The third-order valence-corrected chi connectivity index (χ3v) is 2.88. The van der Waals surface area contributed by atoms with Crippen molar-refractivity contribution in [2.45, 2.75) is 33.7 Å². The third kappa shape index (κ3) is 4.40. The van der Waals surface area contributed by atoms with Crippen molar-refractivity contribution in [3.63, 3.8) is 0 Å². The highest BCUT2D eigenvalue weighted by atomic mass is 16.5. The second-order valence-electron chi connectivity index (χ2n) is 5.17. The van der Waals surface area contributed by atoms with Crippen molar-refractivity contribution in [1.29, 1.82) is 0 Å². The number of nitrogens with zero attached hydrogens (tertiary/aromatic N) is 3. The van der Waals surface area contributed by atoms with E-state index in [0.717, 1.165) is 0 Å². The molecule has 1 unspecified atom stereocenters. The zero-order valence-corrected chi connectivity index (χ0v) is 12.9. The number of carbonyl (C=O) groups excluding carboxylic acids is 2. The van der Waals surface area contributed by atoms with Crippen LogP contribution in [-0.2, 0) is 9.53 Å². The minimum absolute atomic E-state index is 0.107. The average molecular weight is 294 g/mol. The largest absolute Gasteiger partial charge is 0.457 e. The molecule has 1 amide bonds. The van der Waals surface area contributed by atoms with Crippen LogP contribution in [-0.4, -0.2) is 40.0 Å². The summed E-state index contributed by atoms with van der Waals surface area (Å²) in [6, 6.07) is -0.544. The van der Waals surface area contributed by atoms with Crippen LogP contribution >= 0.6 is 0 Å². The Kier molecular flexibility index (Phi) is 6.08. The van der Waals surface area contributed by atoms with Gasteiger partial charge in [-0.1, -0.05) is 31.7 Å². The molecule has 0 aliphatic rings. The molecule has 1 N–H and O–H groups in total. The van der Waals surface area contributed by atoms with Gasteiger partial charge in [0.2, 0.25) is 5.91 Å². The lowest BCUT2D eigenvalue weighted by Crippen LogP contribution is -2.34. The molecule has 0 bridgehead atoms. The second-order valence-corrected chi connectivity index (χ2v) is 5.17. The van der Waals surface area contributed by atoms with Crippen molar-refractivity contribution in [3.8, 4) is 0 Å². The fourth-order valence-corrected chi connectivity index (χ4v) is 1.66. The minimum atomic E-state index is -0.576. The quantitative estimate of drug-likeness (QED) is 0.604. The topological polar surface area (TPSA) is 86.1 Å². The van der Waals surface area contributed by atoms with E-state index in [4.69, 9.17) is 4.74 Å². The van der Waals surface area contributed by atoms with E-state index in [1.165, 1.54) is 10.8 Å². The maximum absolute atomic E-state index is 12.0. The van der Waals surface area contributed by atoms with Gasteiger partial charge in [0.15, 0.2) is 5.69 Å². The van der Waals surface area contributed by atoms with E-state index in [1.54, 1.807) is 13.8 Å². The van der Waals surface area contributed by atoms with Crippen LogP contribution in [0.5, 0.6) is 0 Å².